The second-order valence-electron chi connectivity index (χ2n) is 9.68. The molecule has 4 nitrogen and oxygen atoms in total. The SMILES string of the molecule is OC(c1c(C2CC2)ccc2cncn12)C1CCC(c2ccc(Oc3ccccc3)cc2)CC1. The third-order valence-corrected chi connectivity index (χ3v) is 7.50. The Hall–Kier alpha value is -3.11. The molecule has 4 aromatic rings. The summed E-state index contributed by atoms with van der Waals surface area (Å²) in [5.41, 5.74) is 4.85. The lowest BCUT2D eigenvalue weighted by Crippen LogP contribution is -2.22. The Kier molecular flexibility index (Phi) is 5.39. The van der Waals surface area contributed by atoms with Crippen LogP contribution in [0.5, 0.6) is 11.5 Å². The van der Waals surface area contributed by atoms with E-state index < -0.39 is 6.10 Å². The summed E-state index contributed by atoms with van der Waals surface area (Å²) in [6.07, 6.45) is 10.1. The van der Waals surface area contributed by atoms with Crippen LogP contribution in [-0.2, 0) is 0 Å². The smallest absolute Gasteiger partial charge is 0.127 e. The van der Waals surface area contributed by atoms with Crippen LogP contribution in [0, 0.1) is 5.92 Å². The van der Waals surface area contributed by atoms with Crippen molar-refractivity contribution in [3.05, 3.63) is 96.1 Å². The van der Waals surface area contributed by atoms with Gasteiger partial charge in [0.25, 0.3) is 0 Å². The Bertz CT molecular complexity index is 1220. The standard InChI is InChI=1S/C29H30N2O2/c32-29(28-27(22-8-9-22)17-14-24-18-30-19-31(24)28)23-10-6-20(7-11-23)21-12-15-26(16-13-21)33-25-4-2-1-3-5-25/h1-5,12-20,22-23,29,32H,6-11H2. The van der Waals surface area contributed by atoms with Gasteiger partial charge in [-0.1, -0.05) is 36.4 Å². The van der Waals surface area contributed by atoms with Crippen molar-refractivity contribution in [1.82, 2.24) is 9.38 Å². The number of hydrogen-bond acceptors (Lipinski definition) is 3. The average molecular weight is 439 g/mol. The quantitative estimate of drug-likeness (QED) is 0.352. The highest BCUT2D eigenvalue weighted by Crippen LogP contribution is 2.47. The number of aromatic nitrogens is 2. The summed E-state index contributed by atoms with van der Waals surface area (Å²) in [6, 6.07) is 22.8. The minimum atomic E-state index is -0.430. The molecule has 0 radical (unpaired) electrons. The monoisotopic (exact) mass is 438 g/mol. The zero-order valence-electron chi connectivity index (χ0n) is 18.8. The van der Waals surface area contributed by atoms with E-state index in [2.05, 4.69) is 45.8 Å². The third kappa shape index (κ3) is 4.16. The molecule has 0 spiro atoms. The first-order valence-corrected chi connectivity index (χ1v) is 12.2. The molecule has 2 heterocycles. The molecule has 0 amide bonds. The number of hydrogen-bond donors (Lipinski definition) is 1. The number of nitrogens with zero attached hydrogens (tertiary/aromatic N) is 2. The number of benzene rings is 2. The summed E-state index contributed by atoms with van der Waals surface area (Å²) in [7, 11) is 0. The van der Waals surface area contributed by atoms with E-state index in [1.807, 2.05) is 42.9 Å². The Morgan fingerprint density at radius 2 is 1.48 bits per heavy atom. The van der Waals surface area contributed by atoms with Crippen molar-refractivity contribution < 1.29 is 9.84 Å². The van der Waals surface area contributed by atoms with Crippen molar-refractivity contribution in [2.45, 2.75) is 56.5 Å². The van der Waals surface area contributed by atoms with E-state index in [1.165, 1.54) is 24.0 Å². The van der Waals surface area contributed by atoms with Crippen LogP contribution in [0.3, 0.4) is 0 Å². The minimum Gasteiger partial charge on any atom is -0.457 e. The highest BCUT2D eigenvalue weighted by atomic mass is 16.5. The zero-order valence-corrected chi connectivity index (χ0v) is 18.8. The molecule has 33 heavy (non-hydrogen) atoms. The van der Waals surface area contributed by atoms with Crippen molar-refractivity contribution in [2.24, 2.45) is 5.92 Å². The van der Waals surface area contributed by atoms with Gasteiger partial charge >= 0.3 is 0 Å². The molecule has 2 aromatic carbocycles. The van der Waals surface area contributed by atoms with Gasteiger partial charge in [-0.3, -0.25) is 0 Å². The molecule has 2 aliphatic carbocycles. The molecule has 1 N–H and O–H groups in total. The number of para-hydroxylation sites is 1. The molecule has 0 bridgehead atoms. The molecule has 6 rings (SSSR count). The first-order chi connectivity index (χ1) is 16.3. The van der Waals surface area contributed by atoms with E-state index in [4.69, 9.17) is 4.74 Å². The zero-order chi connectivity index (χ0) is 22.2. The number of pyridine rings is 1. The maximum absolute atomic E-state index is 11.5. The van der Waals surface area contributed by atoms with Crippen LogP contribution >= 0.6 is 0 Å². The molecule has 2 aliphatic rings. The Labute approximate surface area is 194 Å². The lowest BCUT2D eigenvalue weighted by Gasteiger charge is -2.33. The van der Waals surface area contributed by atoms with Crippen molar-refractivity contribution in [2.75, 3.05) is 0 Å². The highest BCUT2D eigenvalue weighted by Gasteiger charge is 2.34. The van der Waals surface area contributed by atoms with Gasteiger partial charge in [0.2, 0.25) is 0 Å². The van der Waals surface area contributed by atoms with Gasteiger partial charge in [0, 0.05) is 0 Å². The van der Waals surface area contributed by atoms with Crippen LogP contribution in [0.4, 0.5) is 0 Å². The first kappa shape index (κ1) is 20.5. The van der Waals surface area contributed by atoms with Crippen molar-refractivity contribution >= 4 is 5.52 Å². The summed E-state index contributed by atoms with van der Waals surface area (Å²) in [5, 5.41) is 11.5. The maximum atomic E-state index is 11.5. The van der Waals surface area contributed by atoms with Gasteiger partial charge < -0.3 is 14.2 Å². The van der Waals surface area contributed by atoms with Gasteiger partial charge in [-0.25, -0.2) is 4.98 Å². The Balaban J connectivity index is 1.14. The summed E-state index contributed by atoms with van der Waals surface area (Å²) in [4.78, 5) is 4.34. The highest BCUT2D eigenvalue weighted by molar-refractivity contribution is 5.50. The van der Waals surface area contributed by atoms with Crippen LogP contribution in [-0.4, -0.2) is 14.5 Å². The van der Waals surface area contributed by atoms with E-state index >= 15 is 0 Å². The fourth-order valence-corrected chi connectivity index (χ4v) is 5.51. The predicted octanol–water partition coefficient (Wildman–Crippen LogP) is 7.01. The van der Waals surface area contributed by atoms with Crippen LogP contribution in [0.15, 0.2) is 79.3 Å². The molecular weight excluding hydrogens is 408 g/mol. The fourth-order valence-electron chi connectivity index (χ4n) is 5.51. The summed E-state index contributed by atoms with van der Waals surface area (Å²) < 4.78 is 8.06. The topological polar surface area (TPSA) is 46.8 Å². The van der Waals surface area contributed by atoms with Gasteiger partial charge in [0.1, 0.15) is 11.5 Å². The molecule has 1 atom stereocenters. The largest absolute Gasteiger partial charge is 0.457 e. The second kappa shape index (κ2) is 8.68. The van der Waals surface area contributed by atoms with E-state index in [9.17, 15) is 5.11 Å². The van der Waals surface area contributed by atoms with Gasteiger partial charge in [-0.2, -0.15) is 0 Å². The first-order valence-electron chi connectivity index (χ1n) is 12.2. The number of aliphatic hydroxyl groups excluding tert-OH is 1. The minimum absolute atomic E-state index is 0.299. The van der Waals surface area contributed by atoms with E-state index in [1.54, 1.807) is 0 Å². The number of imidazole rings is 1. The number of rotatable bonds is 6. The molecule has 2 fully saturated rings. The lowest BCUT2D eigenvalue weighted by molar-refractivity contribution is 0.0754. The van der Waals surface area contributed by atoms with E-state index in [0.717, 1.165) is 48.4 Å². The number of fused-ring (bicyclic) bond motifs is 1. The molecule has 2 saturated carbocycles. The predicted molar refractivity (Wildman–Crippen MR) is 130 cm³/mol. The Morgan fingerprint density at radius 1 is 0.788 bits per heavy atom. The van der Waals surface area contributed by atoms with Gasteiger partial charge in [0.05, 0.1) is 29.8 Å². The maximum Gasteiger partial charge on any atom is 0.127 e. The van der Waals surface area contributed by atoms with Crippen LogP contribution in [0.2, 0.25) is 0 Å². The van der Waals surface area contributed by atoms with Crippen LogP contribution < -0.4 is 4.74 Å². The van der Waals surface area contributed by atoms with Gasteiger partial charge in [0.15, 0.2) is 0 Å². The molecule has 4 heteroatoms. The average Bonchev–Trinajstić information content (AvgIpc) is 3.60. The molecule has 0 aliphatic heterocycles. The lowest BCUT2D eigenvalue weighted by atomic mass is 9.75. The second-order valence-corrected chi connectivity index (χ2v) is 9.68. The summed E-state index contributed by atoms with van der Waals surface area (Å²) in [6.45, 7) is 0. The third-order valence-electron chi connectivity index (χ3n) is 7.50. The Morgan fingerprint density at radius 3 is 2.21 bits per heavy atom. The molecule has 0 saturated heterocycles. The van der Waals surface area contributed by atoms with Crippen LogP contribution in [0.25, 0.3) is 5.52 Å². The normalized spacial score (nSPS) is 21.7. The summed E-state index contributed by atoms with van der Waals surface area (Å²) in [5.74, 6) is 3.18. The van der Waals surface area contributed by atoms with E-state index in [0.29, 0.717) is 17.8 Å². The van der Waals surface area contributed by atoms with Crippen molar-refractivity contribution in [3.8, 4) is 11.5 Å². The summed E-state index contributed by atoms with van der Waals surface area (Å²) >= 11 is 0. The molecule has 168 valence electrons. The van der Waals surface area contributed by atoms with Gasteiger partial charge in [-0.05, 0) is 97.7 Å². The molecule has 2 aromatic heterocycles. The number of aliphatic hydroxyl groups is 1. The fraction of sp³-hybridized carbons (Fsp3) is 0.345. The number of ether oxygens (including phenoxy) is 1. The van der Waals surface area contributed by atoms with Gasteiger partial charge in [-0.15, -0.1) is 0 Å². The van der Waals surface area contributed by atoms with Crippen molar-refractivity contribution in [3.63, 3.8) is 0 Å². The molecule has 1 unspecified atom stereocenters. The van der Waals surface area contributed by atoms with Crippen molar-refractivity contribution in [1.29, 1.82) is 0 Å². The molecular formula is C29H30N2O2. The van der Waals surface area contributed by atoms with E-state index in [-0.39, 0.29) is 0 Å². The van der Waals surface area contributed by atoms with Crippen LogP contribution in [0.1, 0.15) is 73.3 Å².